The highest BCUT2D eigenvalue weighted by Gasteiger charge is 2.15. The van der Waals surface area contributed by atoms with E-state index in [9.17, 15) is 9.59 Å². The van der Waals surface area contributed by atoms with Crippen LogP contribution in [0.5, 0.6) is 23.0 Å². The standard InChI is InChI=1S/C19H21NO7/c1-23-13-5-6-17(26-4)16(10-13)20-18(21)11-27-19(22)12-7-14(24-2)9-15(8-12)25-3/h5-10H,11H2,1-4H3,(H,20,21). The molecule has 0 spiro atoms. The van der Waals surface area contributed by atoms with E-state index in [0.29, 0.717) is 28.7 Å². The summed E-state index contributed by atoms with van der Waals surface area (Å²) in [6.07, 6.45) is 0. The minimum atomic E-state index is -0.681. The van der Waals surface area contributed by atoms with Crippen LogP contribution in [0.3, 0.4) is 0 Å². The van der Waals surface area contributed by atoms with Crippen LogP contribution in [0.4, 0.5) is 5.69 Å². The lowest BCUT2D eigenvalue weighted by Gasteiger charge is -2.12. The van der Waals surface area contributed by atoms with E-state index in [2.05, 4.69) is 5.32 Å². The second-order valence-electron chi connectivity index (χ2n) is 5.29. The highest BCUT2D eigenvalue weighted by atomic mass is 16.5. The van der Waals surface area contributed by atoms with E-state index in [1.165, 1.54) is 40.6 Å². The molecule has 144 valence electrons. The van der Waals surface area contributed by atoms with Gasteiger partial charge in [-0.25, -0.2) is 4.79 Å². The molecule has 1 N–H and O–H groups in total. The highest BCUT2D eigenvalue weighted by Crippen LogP contribution is 2.29. The van der Waals surface area contributed by atoms with Crippen LogP contribution in [-0.4, -0.2) is 46.9 Å². The van der Waals surface area contributed by atoms with Gasteiger partial charge in [0.1, 0.15) is 23.0 Å². The van der Waals surface area contributed by atoms with Gasteiger partial charge in [0.25, 0.3) is 5.91 Å². The number of rotatable bonds is 8. The predicted octanol–water partition coefficient (Wildman–Crippen LogP) is 2.52. The molecular weight excluding hydrogens is 354 g/mol. The van der Waals surface area contributed by atoms with Crippen molar-refractivity contribution >= 4 is 17.6 Å². The topological polar surface area (TPSA) is 92.3 Å². The molecule has 0 atom stereocenters. The molecule has 8 nitrogen and oxygen atoms in total. The molecule has 0 saturated heterocycles. The van der Waals surface area contributed by atoms with Crippen molar-refractivity contribution in [2.45, 2.75) is 0 Å². The molecule has 0 aliphatic carbocycles. The van der Waals surface area contributed by atoms with Crippen molar-refractivity contribution in [2.24, 2.45) is 0 Å². The van der Waals surface area contributed by atoms with Crippen molar-refractivity contribution in [3.63, 3.8) is 0 Å². The smallest absolute Gasteiger partial charge is 0.338 e. The maximum Gasteiger partial charge on any atom is 0.338 e. The number of amides is 1. The van der Waals surface area contributed by atoms with Crippen LogP contribution in [0, 0.1) is 0 Å². The fourth-order valence-corrected chi connectivity index (χ4v) is 2.24. The van der Waals surface area contributed by atoms with E-state index in [1.807, 2.05) is 0 Å². The third-order valence-electron chi connectivity index (χ3n) is 3.60. The zero-order chi connectivity index (χ0) is 19.8. The first-order valence-corrected chi connectivity index (χ1v) is 7.92. The number of hydrogen-bond donors (Lipinski definition) is 1. The summed E-state index contributed by atoms with van der Waals surface area (Å²) in [4.78, 5) is 24.3. The highest BCUT2D eigenvalue weighted by molar-refractivity contribution is 5.96. The predicted molar refractivity (Wildman–Crippen MR) is 98.0 cm³/mol. The van der Waals surface area contributed by atoms with Crippen molar-refractivity contribution < 1.29 is 33.3 Å². The van der Waals surface area contributed by atoms with E-state index in [1.54, 1.807) is 24.3 Å². The normalized spacial score (nSPS) is 9.93. The zero-order valence-corrected chi connectivity index (χ0v) is 15.5. The van der Waals surface area contributed by atoms with Gasteiger partial charge in [-0.05, 0) is 24.3 Å². The van der Waals surface area contributed by atoms with Crippen LogP contribution in [0.25, 0.3) is 0 Å². The molecule has 0 saturated carbocycles. The van der Waals surface area contributed by atoms with Gasteiger partial charge in [-0.15, -0.1) is 0 Å². The number of carbonyl (C=O) groups excluding carboxylic acids is 2. The molecule has 2 aromatic rings. The fourth-order valence-electron chi connectivity index (χ4n) is 2.24. The van der Waals surface area contributed by atoms with Crippen molar-refractivity contribution in [2.75, 3.05) is 40.4 Å². The lowest BCUT2D eigenvalue weighted by atomic mass is 10.2. The molecule has 0 heterocycles. The number of methoxy groups -OCH3 is 4. The molecule has 0 radical (unpaired) electrons. The number of nitrogens with one attached hydrogen (secondary N) is 1. The Morgan fingerprint density at radius 2 is 1.44 bits per heavy atom. The number of benzene rings is 2. The second kappa shape index (κ2) is 9.33. The lowest BCUT2D eigenvalue weighted by molar-refractivity contribution is -0.119. The van der Waals surface area contributed by atoms with E-state index in [0.717, 1.165) is 0 Å². The van der Waals surface area contributed by atoms with Gasteiger partial charge >= 0.3 is 5.97 Å². The summed E-state index contributed by atoms with van der Waals surface area (Å²) >= 11 is 0. The van der Waals surface area contributed by atoms with Gasteiger partial charge in [0.05, 0.1) is 39.7 Å². The van der Waals surface area contributed by atoms with Crippen molar-refractivity contribution in [1.29, 1.82) is 0 Å². The summed E-state index contributed by atoms with van der Waals surface area (Å²) in [5, 5.41) is 2.62. The first-order chi connectivity index (χ1) is 13.0. The maximum absolute atomic E-state index is 12.2. The van der Waals surface area contributed by atoms with Crippen molar-refractivity contribution in [3.8, 4) is 23.0 Å². The van der Waals surface area contributed by atoms with Gasteiger partial charge in [-0.3, -0.25) is 4.79 Å². The number of hydrogen-bond acceptors (Lipinski definition) is 7. The maximum atomic E-state index is 12.2. The summed E-state index contributed by atoms with van der Waals surface area (Å²) < 4.78 is 25.6. The molecule has 2 rings (SSSR count). The molecule has 0 aliphatic rings. The fraction of sp³-hybridized carbons (Fsp3) is 0.263. The van der Waals surface area contributed by atoms with Gasteiger partial charge in [-0.2, -0.15) is 0 Å². The van der Waals surface area contributed by atoms with Crippen LogP contribution in [0.2, 0.25) is 0 Å². The summed E-state index contributed by atoms with van der Waals surface area (Å²) in [6, 6.07) is 9.57. The first-order valence-electron chi connectivity index (χ1n) is 7.92. The quantitative estimate of drug-likeness (QED) is 0.709. The molecule has 8 heteroatoms. The Labute approximate surface area is 156 Å². The zero-order valence-electron chi connectivity index (χ0n) is 15.5. The molecule has 0 unspecified atom stereocenters. The van der Waals surface area contributed by atoms with Crippen LogP contribution in [0.1, 0.15) is 10.4 Å². The van der Waals surface area contributed by atoms with E-state index in [-0.39, 0.29) is 5.56 Å². The number of esters is 1. The largest absolute Gasteiger partial charge is 0.497 e. The minimum Gasteiger partial charge on any atom is -0.497 e. The molecule has 0 aliphatic heterocycles. The van der Waals surface area contributed by atoms with E-state index < -0.39 is 18.5 Å². The second-order valence-corrected chi connectivity index (χ2v) is 5.29. The SMILES string of the molecule is COc1cc(OC)cc(C(=O)OCC(=O)Nc2cc(OC)ccc2OC)c1. The van der Waals surface area contributed by atoms with Crippen molar-refractivity contribution in [1.82, 2.24) is 0 Å². The molecular formula is C19H21NO7. The summed E-state index contributed by atoms with van der Waals surface area (Å²) in [7, 11) is 5.93. The van der Waals surface area contributed by atoms with Crippen LogP contribution >= 0.6 is 0 Å². The molecule has 1 amide bonds. The molecule has 0 aromatic heterocycles. The Morgan fingerprint density at radius 3 is 2.00 bits per heavy atom. The van der Waals surface area contributed by atoms with Crippen LogP contribution in [0.15, 0.2) is 36.4 Å². The van der Waals surface area contributed by atoms with Gasteiger partial charge in [0.15, 0.2) is 6.61 Å². The minimum absolute atomic E-state index is 0.206. The van der Waals surface area contributed by atoms with Gasteiger partial charge in [-0.1, -0.05) is 0 Å². The molecule has 0 bridgehead atoms. The van der Waals surface area contributed by atoms with Crippen LogP contribution < -0.4 is 24.3 Å². The number of anilines is 1. The number of ether oxygens (including phenoxy) is 5. The van der Waals surface area contributed by atoms with Gasteiger partial charge in [0.2, 0.25) is 0 Å². The van der Waals surface area contributed by atoms with E-state index in [4.69, 9.17) is 23.7 Å². The molecule has 27 heavy (non-hydrogen) atoms. The Bertz CT molecular complexity index is 797. The average Bonchev–Trinajstić information content (AvgIpc) is 2.71. The van der Waals surface area contributed by atoms with Gasteiger partial charge in [0, 0.05) is 12.1 Å². The lowest BCUT2D eigenvalue weighted by Crippen LogP contribution is -2.21. The Hall–Kier alpha value is -3.42. The summed E-state index contributed by atoms with van der Waals surface area (Å²) in [5.74, 6) is 0.669. The Morgan fingerprint density at radius 1 is 0.815 bits per heavy atom. The summed E-state index contributed by atoms with van der Waals surface area (Å²) in [5.41, 5.74) is 0.610. The van der Waals surface area contributed by atoms with Crippen molar-refractivity contribution in [3.05, 3.63) is 42.0 Å². The average molecular weight is 375 g/mol. The molecule has 2 aromatic carbocycles. The third-order valence-corrected chi connectivity index (χ3v) is 3.60. The first kappa shape index (κ1) is 19.9. The van der Waals surface area contributed by atoms with Crippen LogP contribution in [-0.2, 0) is 9.53 Å². The van der Waals surface area contributed by atoms with Gasteiger partial charge < -0.3 is 29.0 Å². The third kappa shape index (κ3) is 5.27. The Balaban J connectivity index is 2.02. The molecule has 0 fully saturated rings. The van der Waals surface area contributed by atoms with E-state index >= 15 is 0 Å². The Kier molecular flexibility index (Phi) is 6.87. The monoisotopic (exact) mass is 375 g/mol. The summed E-state index contributed by atoms with van der Waals surface area (Å²) in [6.45, 7) is -0.473. The number of carbonyl (C=O) groups is 2.